The molecule has 0 radical (unpaired) electrons. The Morgan fingerprint density at radius 3 is 2.63 bits per heavy atom. The smallest absolute Gasteiger partial charge is 0.341 e. The monoisotopic (exact) mass is 570 g/mol. The number of carbonyl (C=O) groups excluding carboxylic acids is 2. The molecule has 3 heterocycles. The maximum Gasteiger partial charge on any atom is 0.341 e. The largest absolute Gasteiger partial charge is 0.497 e. The lowest BCUT2D eigenvalue weighted by molar-refractivity contribution is -0.112. The van der Waals surface area contributed by atoms with Crippen LogP contribution in [-0.2, 0) is 22.4 Å². The van der Waals surface area contributed by atoms with Gasteiger partial charge < -0.3 is 19.5 Å². The summed E-state index contributed by atoms with van der Waals surface area (Å²) in [7, 11) is 1.54. The molecule has 0 aliphatic heterocycles. The van der Waals surface area contributed by atoms with E-state index < -0.39 is 17.4 Å². The molecule has 1 N–H and O–H groups in total. The number of hydrogen-bond donors (Lipinski definition) is 1. The first kappa shape index (κ1) is 27.6. The Morgan fingerprint density at radius 1 is 1.15 bits per heavy atom. The first-order valence-electron chi connectivity index (χ1n) is 13.0. The zero-order valence-electron chi connectivity index (χ0n) is 22.4. The van der Waals surface area contributed by atoms with Gasteiger partial charge in [-0.1, -0.05) is 6.07 Å². The zero-order valence-corrected chi connectivity index (χ0v) is 23.2. The maximum atomic E-state index is 13.5. The second-order valence-electron chi connectivity index (χ2n) is 9.10. The van der Waals surface area contributed by atoms with Crippen LogP contribution in [0.1, 0.15) is 46.1 Å². The molecule has 0 fully saturated rings. The third-order valence-corrected chi connectivity index (χ3v) is 7.75. The Bertz CT molecular complexity index is 1760. The number of amides is 1. The summed E-state index contributed by atoms with van der Waals surface area (Å²) in [4.78, 5) is 45.2. The van der Waals surface area contributed by atoms with E-state index in [1.165, 1.54) is 21.9 Å². The van der Waals surface area contributed by atoms with Crippen molar-refractivity contribution in [3.63, 3.8) is 0 Å². The highest BCUT2D eigenvalue weighted by Crippen LogP contribution is 2.39. The minimum Gasteiger partial charge on any atom is -0.497 e. The third kappa shape index (κ3) is 5.69. The number of nitriles is 1. The molecule has 0 unspecified atom stereocenters. The van der Waals surface area contributed by atoms with Crippen LogP contribution in [-0.4, -0.2) is 35.0 Å². The average Bonchev–Trinajstić information content (AvgIpc) is 3.35. The van der Waals surface area contributed by atoms with Gasteiger partial charge in [-0.25, -0.2) is 4.79 Å². The number of nitrogens with one attached hydrogen (secondary N) is 1. The lowest BCUT2D eigenvalue weighted by Gasteiger charge is -2.12. The molecule has 0 spiro atoms. The quantitative estimate of drug-likeness (QED) is 0.175. The number of hydrogen-bond acceptors (Lipinski definition) is 9. The van der Waals surface area contributed by atoms with E-state index in [1.54, 1.807) is 56.5 Å². The Hall–Kier alpha value is -4.95. The molecule has 0 saturated carbocycles. The minimum atomic E-state index is -0.774. The summed E-state index contributed by atoms with van der Waals surface area (Å²) >= 11 is 1.31. The molecule has 11 heteroatoms. The van der Waals surface area contributed by atoms with Crippen LogP contribution >= 0.6 is 11.3 Å². The summed E-state index contributed by atoms with van der Waals surface area (Å²) in [6.45, 7) is 1.91. The number of thiophene rings is 1. The van der Waals surface area contributed by atoms with Crippen molar-refractivity contribution in [2.24, 2.45) is 0 Å². The second-order valence-corrected chi connectivity index (χ2v) is 10.2. The molecule has 1 aromatic carbocycles. The van der Waals surface area contributed by atoms with E-state index in [4.69, 9.17) is 14.2 Å². The normalized spacial score (nSPS) is 12.8. The molecule has 41 heavy (non-hydrogen) atoms. The predicted octanol–water partition coefficient (Wildman–Crippen LogP) is 5.16. The fourth-order valence-electron chi connectivity index (χ4n) is 4.58. The number of carbonyl (C=O) groups is 2. The number of rotatable bonds is 8. The summed E-state index contributed by atoms with van der Waals surface area (Å²) in [6.07, 6.45) is 6.12. The van der Waals surface area contributed by atoms with Crippen LogP contribution in [0, 0.1) is 11.3 Å². The number of fused-ring (bicyclic) bond motifs is 2. The average molecular weight is 571 g/mol. The Labute approximate surface area is 239 Å². The van der Waals surface area contributed by atoms with Crippen molar-refractivity contribution in [2.45, 2.75) is 32.6 Å². The van der Waals surface area contributed by atoms with Crippen LogP contribution < -0.4 is 20.3 Å². The second kappa shape index (κ2) is 12.1. The van der Waals surface area contributed by atoms with Crippen LogP contribution in [0.5, 0.6) is 17.4 Å². The van der Waals surface area contributed by atoms with Crippen LogP contribution in [0.2, 0.25) is 0 Å². The number of nitrogens with zero attached hydrogens (tertiary/aromatic N) is 3. The van der Waals surface area contributed by atoms with Gasteiger partial charge in [-0.05, 0) is 80.6 Å². The highest BCUT2D eigenvalue weighted by Gasteiger charge is 2.28. The molecule has 4 aromatic rings. The number of ether oxygens (including phenoxy) is 3. The Morgan fingerprint density at radius 2 is 1.90 bits per heavy atom. The van der Waals surface area contributed by atoms with Gasteiger partial charge in [-0.2, -0.15) is 10.2 Å². The number of esters is 1. The lowest BCUT2D eigenvalue weighted by Crippen LogP contribution is -2.20. The number of pyridine rings is 1. The van der Waals surface area contributed by atoms with Gasteiger partial charge in [0.25, 0.3) is 11.5 Å². The molecule has 10 nitrogen and oxygen atoms in total. The molecule has 5 rings (SSSR count). The minimum absolute atomic E-state index is 0.0780. The zero-order chi connectivity index (χ0) is 28.9. The van der Waals surface area contributed by atoms with Crippen molar-refractivity contribution in [1.29, 1.82) is 5.26 Å². The van der Waals surface area contributed by atoms with Crippen LogP contribution in [0.4, 0.5) is 5.00 Å². The van der Waals surface area contributed by atoms with Gasteiger partial charge in [0, 0.05) is 11.1 Å². The van der Waals surface area contributed by atoms with Crippen molar-refractivity contribution in [3.05, 3.63) is 86.2 Å². The molecule has 0 atom stereocenters. The topological polar surface area (TPSA) is 132 Å². The molecule has 1 amide bonds. The SMILES string of the molecule is CCOC(=O)c1c(NC(=O)/C(C#N)=C/c2c(Oc3ccc(OC)cc3)nc3ccccn3c2=O)sc2c1CCCC2. The summed E-state index contributed by atoms with van der Waals surface area (Å²) in [6, 6.07) is 13.6. The number of aryl methyl sites for hydroxylation is 1. The summed E-state index contributed by atoms with van der Waals surface area (Å²) in [5, 5.41) is 13.0. The number of anilines is 1. The predicted molar refractivity (Wildman–Crippen MR) is 154 cm³/mol. The maximum absolute atomic E-state index is 13.5. The molecule has 1 aliphatic rings. The molecule has 0 bridgehead atoms. The highest BCUT2D eigenvalue weighted by atomic mass is 32.1. The van der Waals surface area contributed by atoms with Gasteiger partial charge in [-0.15, -0.1) is 11.3 Å². The fraction of sp³-hybridized carbons (Fsp3) is 0.233. The summed E-state index contributed by atoms with van der Waals surface area (Å²) in [5.74, 6) is -0.379. The van der Waals surface area contributed by atoms with Crippen molar-refractivity contribution in [3.8, 4) is 23.4 Å². The van der Waals surface area contributed by atoms with Gasteiger partial charge in [0.05, 0.1) is 19.3 Å². The first-order chi connectivity index (χ1) is 19.9. The number of benzene rings is 1. The van der Waals surface area contributed by atoms with E-state index in [1.807, 2.05) is 6.07 Å². The van der Waals surface area contributed by atoms with Crippen molar-refractivity contribution in [2.75, 3.05) is 19.0 Å². The summed E-state index contributed by atoms with van der Waals surface area (Å²) < 4.78 is 17.7. The van der Waals surface area contributed by atoms with Crippen LogP contribution in [0.15, 0.2) is 59.0 Å². The van der Waals surface area contributed by atoms with E-state index >= 15 is 0 Å². The van der Waals surface area contributed by atoms with Crippen LogP contribution in [0.25, 0.3) is 11.7 Å². The molecule has 0 saturated heterocycles. The van der Waals surface area contributed by atoms with E-state index in [9.17, 15) is 19.6 Å². The number of aromatic nitrogens is 2. The molecule has 1 aliphatic carbocycles. The standard InChI is InChI=1S/C30H26N4O6S/c1-3-39-30(37)25-21-8-4-5-9-23(21)41-28(25)33-26(35)18(17-31)16-22-27(40-20-13-11-19(38-2)12-14-20)32-24-10-6-7-15-34(24)29(22)36/h6-7,10-16H,3-5,8-9H2,1-2H3,(H,33,35)/b18-16+. The van der Waals surface area contributed by atoms with Crippen molar-refractivity contribution in [1.82, 2.24) is 9.38 Å². The Balaban J connectivity index is 1.55. The van der Waals surface area contributed by atoms with Gasteiger partial charge in [0.1, 0.15) is 39.4 Å². The van der Waals surface area contributed by atoms with Crippen molar-refractivity contribution < 1.29 is 23.8 Å². The van der Waals surface area contributed by atoms with E-state index in [-0.39, 0.29) is 23.6 Å². The van der Waals surface area contributed by atoms with Gasteiger partial charge in [-0.3, -0.25) is 14.0 Å². The molecule has 208 valence electrons. The lowest BCUT2D eigenvalue weighted by atomic mass is 9.95. The van der Waals surface area contributed by atoms with Crippen molar-refractivity contribution >= 4 is 39.9 Å². The molecular formula is C30H26N4O6S. The molecule has 3 aromatic heterocycles. The fourth-order valence-corrected chi connectivity index (χ4v) is 5.85. The van der Waals surface area contributed by atoms with Gasteiger partial charge in [0.15, 0.2) is 0 Å². The van der Waals surface area contributed by atoms with Crippen LogP contribution in [0.3, 0.4) is 0 Å². The third-order valence-electron chi connectivity index (χ3n) is 6.54. The Kier molecular flexibility index (Phi) is 8.12. The van der Waals surface area contributed by atoms with E-state index in [2.05, 4.69) is 10.3 Å². The first-order valence-corrected chi connectivity index (χ1v) is 13.8. The highest BCUT2D eigenvalue weighted by molar-refractivity contribution is 7.17. The van der Waals surface area contributed by atoms with Gasteiger partial charge in [0.2, 0.25) is 5.88 Å². The number of methoxy groups -OCH3 is 1. The van der Waals surface area contributed by atoms with E-state index in [0.29, 0.717) is 34.1 Å². The molecular weight excluding hydrogens is 544 g/mol. The summed E-state index contributed by atoms with van der Waals surface area (Å²) in [5.41, 5.74) is 0.550. The van der Waals surface area contributed by atoms with Gasteiger partial charge >= 0.3 is 5.97 Å². The van der Waals surface area contributed by atoms with E-state index in [0.717, 1.165) is 35.8 Å².